The largest absolute Gasteiger partial charge is 0.497 e. The molecule has 0 saturated heterocycles. The Bertz CT molecular complexity index is 996. The van der Waals surface area contributed by atoms with Crippen LogP contribution < -0.4 is 19.5 Å². The van der Waals surface area contributed by atoms with Gasteiger partial charge in [-0.1, -0.05) is 57.3 Å². The van der Waals surface area contributed by atoms with Crippen molar-refractivity contribution < 1.29 is 14.2 Å². The van der Waals surface area contributed by atoms with Gasteiger partial charge in [-0.05, 0) is 47.5 Å². The maximum absolute atomic E-state index is 6.14. The van der Waals surface area contributed by atoms with Crippen LogP contribution in [0, 0.1) is 0 Å². The van der Waals surface area contributed by atoms with Gasteiger partial charge < -0.3 is 19.5 Å². The van der Waals surface area contributed by atoms with Crippen LogP contribution in [0.15, 0.2) is 59.1 Å². The zero-order valence-corrected chi connectivity index (χ0v) is 19.8. The van der Waals surface area contributed by atoms with Crippen molar-refractivity contribution in [3.8, 4) is 17.2 Å². The number of methoxy groups -OCH3 is 2. The summed E-state index contributed by atoms with van der Waals surface area (Å²) in [5, 5.41) is 4.48. The van der Waals surface area contributed by atoms with Crippen molar-refractivity contribution in [1.29, 1.82) is 0 Å². The molecule has 4 nitrogen and oxygen atoms in total. The fourth-order valence-corrected chi connectivity index (χ4v) is 3.70. The molecule has 0 atom stereocenters. The summed E-state index contributed by atoms with van der Waals surface area (Å²) < 4.78 is 17.8. The van der Waals surface area contributed by atoms with Crippen LogP contribution in [0.5, 0.6) is 17.2 Å². The van der Waals surface area contributed by atoms with Crippen LogP contribution in [-0.2, 0) is 19.7 Å². The number of halogens is 3. The lowest BCUT2D eigenvalue weighted by Gasteiger charge is -2.17. The van der Waals surface area contributed by atoms with Crippen LogP contribution >= 0.6 is 39.1 Å². The fraction of sp³-hybridized carbons (Fsp3) is 0.217. The Balaban J connectivity index is 1.73. The molecule has 1 N–H and O–H groups in total. The monoisotopic (exact) mass is 509 g/mol. The molecule has 0 saturated carbocycles. The molecule has 0 heterocycles. The van der Waals surface area contributed by atoms with Crippen molar-refractivity contribution in [2.45, 2.75) is 19.7 Å². The lowest BCUT2D eigenvalue weighted by atomic mass is 10.1. The van der Waals surface area contributed by atoms with Crippen LogP contribution in [-0.4, -0.2) is 14.2 Å². The number of benzene rings is 3. The molecule has 3 aromatic rings. The van der Waals surface area contributed by atoms with E-state index in [1.165, 1.54) is 0 Å². The van der Waals surface area contributed by atoms with Gasteiger partial charge in [0.15, 0.2) is 11.5 Å². The first-order chi connectivity index (χ1) is 14.5. The van der Waals surface area contributed by atoms with E-state index >= 15 is 0 Å². The summed E-state index contributed by atoms with van der Waals surface area (Å²) in [7, 11) is 3.29. The second kappa shape index (κ2) is 10.9. The molecule has 30 heavy (non-hydrogen) atoms. The van der Waals surface area contributed by atoms with Gasteiger partial charge in [-0.2, -0.15) is 0 Å². The Morgan fingerprint density at radius 1 is 0.833 bits per heavy atom. The van der Waals surface area contributed by atoms with Crippen LogP contribution in [0.25, 0.3) is 0 Å². The summed E-state index contributed by atoms with van der Waals surface area (Å²) in [5.74, 6) is 2.19. The summed E-state index contributed by atoms with van der Waals surface area (Å²) in [6, 6.07) is 17.3. The van der Waals surface area contributed by atoms with Crippen LogP contribution in [0.1, 0.15) is 16.7 Å². The zero-order chi connectivity index (χ0) is 21.5. The minimum atomic E-state index is 0.342. The van der Waals surface area contributed by atoms with E-state index in [-0.39, 0.29) is 0 Å². The second-order valence-corrected chi connectivity index (χ2v) is 8.21. The topological polar surface area (TPSA) is 39.7 Å². The average molecular weight is 511 g/mol. The molecule has 0 aliphatic carbocycles. The molecule has 0 aliphatic heterocycles. The van der Waals surface area contributed by atoms with E-state index in [1.807, 2.05) is 42.5 Å². The van der Waals surface area contributed by atoms with E-state index < -0.39 is 0 Å². The Morgan fingerprint density at radius 2 is 1.57 bits per heavy atom. The van der Waals surface area contributed by atoms with E-state index in [4.69, 9.17) is 37.4 Å². The minimum Gasteiger partial charge on any atom is -0.497 e. The predicted octanol–water partition coefficient (Wildman–Crippen LogP) is 6.64. The first-order valence-electron chi connectivity index (χ1n) is 9.27. The second-order valence-electron chi connectivity index (χ2n) is 6.55. The Hall–Kier alpha value is -1.92. The molecule has 0 fully saturated rings. The van der Waals surface area contributed by atoms with Crippen molar-refractivity contribution in [3.05, 3.63) is 85.8 Å². The highest BCUT2D eigenvalue weighted by Crippen LogP contribution is 2.37. The lowest BCUT2D eigenvalue weighted by molar-refractivity contribution is 0.280. The summed E-state index contributed by atoms with van der Waals surface area (Å²) in [6.07, 6.45) is 0. The number of hydrogen-bond acceptors (Lipinski definition) is 4. The lowest BCUT2D eigenvalue weighted by Crippen LogP contribution is -2.14. The van der Waals surface area contributed by atoms with E-state index in [9.17, 15) is 0 Å². The standard InChI is InChI=1S/C23H22BrCl2NO3/c1-28-17-6-3-15(4-7-17)12-27-13-18-19(24)8-10-22(29-2)23(18)30-14-16-5-9-20(25)21(26)11-16/h3-11,27H,12-14H2,1-2H3. The molecule has 0 aliphatic rings. The summed E-state index contributed by atoms with van der Waals surface area (Å²) >= 11 is 15.8. The summed E-state index contributed by atoms with van der Waals surface area (Å²) in [6.45, 7) is 1.65. The van der Waals surface area contributed by atoms with Gasteiger partial charge in [-0.15, -0.1) is 0 Å². The van der Waals surface area contributed by atoms with Gasteiger partial charge in [0.25, 0.3) is 0 Å². The van der Waals surface area contributed by atoms with Gasteiger partial charge >= 0.3 is 0 Å². The molecule has 3 rings (SSSR count). The number of ether oxygens (including phenoxy) is 3. The average Bonchev–Trinajstić information content (AvgIpc) is 2.76. The number of hydrogen-bond donors (Lipinski definition) is 1. The molecule has 0 amide bonds. The predicted molar refractivity (Wildman–Crippen MR) is 125 cm³/mol. The van der Waals surface area contributed by atoms with Crippen molar-refractivity contribution in [2.75, 3.05) is 14.2 Å². The Kier molecular flexibility index (Phi) is 8.28. The third kappa shape index (κ3) is 5.82. The maximum Gasteiger partial charge on any atom is 0.167 e. The highest BCUT2D eigenvalue weighted by atomic mass is 79.9. The summed E-state index contributed by atoms with van der Waals surface area (Å²) in [4.78, 5) is 0. The van der Waals surface area contributed by atoms with Gasteiger partial charge in [0.05, 0.1) is 24.3 Å². The van der Waals surface area contributed by atoms with Gasteiger partial charge in [-0.3, -0.25) is 0 Å². The van der Waals surface area contributed by atoms with Gasteiger partial charge in [0.2, 0.25) is 0 Å². The third-order valence-corrected chi connectivity index (χ3v) is 6.03. The molecule has 3 aromatic carbocycles. The smallest absolute Gasteiger partial charge is 0.167 e. The maximum atomic E-state index is 6.14. The number of rotatable bonds is 9. The molecule has 0 bridgehead atoms. The quantitative estimate of drug-likeness (QED) is 0.350. The van der Waals surface area contributed by atoms with Crippen molar-refractivity contribution in [2.24, 2.45) is 0 Å². The van der Waals surface area contributed by atoms with Crippen molar-refractivity contribution in [1.82, 2.24) is 5.32 Å². The highest BCUT2D eigenvalue weighted by Gasteiger charge is 2.15. The van der Waals surface area contributed by atoms with E-state index in [0.29, 0.717) is 41.2 Å². The molecular formula is C23H22BrCl2NO3. The van der Waals surface area contributed by atoms with E-state index in [0.717, 1.165) is 26.9 Å². The molecule has 158 valence electrons. The molecular weight excluding hydrogens is 489 g/mol. The van der Waals surface area contributed by atoms with Gasteiger partial charge in [0, 0.05) is 23.1 Å². The molecule has 0 spiro atoms. The van der Waals surface area contributed by atoms with Crippen molar-refractivity contribution in [3.63, 3.8) is 0 Å². The molecule has 0 unspecified atom stereocenters. The Morgan fingerprint density at radius 3 is 2.23 bits per heavy atom. The first kappa shape index (κ1) is 22.8. The SMILES string of the molecule is COc1ccc(CNCc2c(Br)ccc(OC)c2OCc2ccc(Cl)c(Cl)c2)cc1. The third-order valence-electron chi connectivity index (χ3n) is 4.54. The van der Waals surface area contributed by atoms with Crippen LogP contribution in [0.2, 0.25) is 10.0 Å². The molecule has 0 radical (unpaired) electrons. The normalized spacial score (nSPS) is 10.7. The summed E-state index contributed by atoms with van der Waals surface area (Å²) in [5.41, 5.74) is 3.06. The van der Waals surface area contributed by atoms with Crippen LogP contribution in [0.3, 0.4) is 0 Å². The first-order valence-corrected chi connectivity index (χ1v) is 10.8. The molecule has 0 aromatic heterocycles. The zero-order valence-electron chi connectivity index (χ0n) is 16.7. The fourth-order valence-electron chi connectivity index (χ4n) is 2.93. The van der Waals surface area contributed by atoms with E-state index in [2.05, 4.69) is 21.2 Å². The minimum absolute atomic E-state index is 0.342. The van der Waals surface area contributed by atoms with Gasteiger partial charge in [-0.25, -0.2) is 0 Å². The van der Waals surface area contributed by atoms with Crippen molar-refractivity contribution >= 4 is 39.1 Å². The Labute approximate surface area is 195 Å². The molecule has 7 heteroatoms. The number of nitrogens with one attached hydrogen (secondary N) is 1. The highest BCUT2D eigenvalue weighted by molar-refractivity contribution is 9.10. The van der Waals surface area contributed by atoms with Gasteiger partial charge in [0.1, 0.15) is 12.4 Å². The van der Waals surface area contributed by atoms with E-state index in [1.54, 1.807) is 26.4 Å². The van der Waals surface area contributed by atoms with Crippen LogP contribution in [0.4, 0.5) is 0 Å².